The number of hydrogen-bond acceptors (Lipinski definition) is 4. The zero-order chi connectivity index (χ0) is 22.5. The molecule has 0 aliphatic heterocycles. The molecule has 0 fully saturated rings. The van der Waals surface area contributed by atoms with Crippen LogP contribution in [0.15, 0.2) is 60.7 Å². The molecule has 0 radical (unpaired) electrons. The Labute approximate surface area is 182 Å². The lowest BCUT2D eigenvalue weighted by molar-refractivity contribution is -0.124. The summed E-state index contributed by atoms with van der Waals surface area (Å²) in [5, 5.41) is 11.0. The van der Waals surface area contributed by atoms with Crippen LogP contribution in [0.4, 0.5) is 4.79 Å². The second kappa shape index (κ2) is 13.0. The molecule has 0 aliphatic rings. The molecule has 0 heterocycles. The van der Waals surface area contributed by atoms with Crippen LogP contribution in [0.5, 0.6) is 0 Å². The SMILES string of the molecule is CCCCCCN(Cc1ccc(C=CC(=O)NO)cc1)C(=O)NC(=O)c1ccccc1. The van der Waals surface area contributed by atoms with Crippen LogP contribution in [0, 0.1) is 0 Å². The molecule has 0 aliphatic carbocycles. The number of carbonyl (C=O) groups is 3. The van der Waals surface area contributed by atoms with Crippen molar-refractivity contribution in [1.82, 2.24) is 15.7 Å². The number of benzene rings is 2. The number of nitrogens with one attached hydrogen (secondary N) is 2. The molecule has 0 saturated heterocycles. The van der Waals surface area contributed by atoms with Gasteiger partial charge in [0.05, 0.1) is 0 Å². The minimum absolute atomic E-state index is 0.362. The summed E-state index contributed by atoms with van der Waals surface area (Å²) in [4.78, 5) is 37.9. The third-order valence-corrected chi connectivity index (χ3v) is 4.72. The first-order chi connectivity index (χ1) is 15.0. The number of imide groups is 1. The topological polar surface area (TPSA) is 98.7 Å². The van der Waals surface area contributed by atoms with Crippen molar-refractivity contribution in [2.75, 3.05) is 6.54 Å². The molecule has 0 spiro atoms. The summed E-state index contributed by atoms with van der Waals surface area (Å²) < 4.78 is 0. The van der Waals surface area contributed by atoms with E-state index in [1.807, 2.05) is 30.3 Å². The number of nitrogens with zero attached hydrogens (tertiary/aromatic N) is 1. The summed E-state index contributed by atoms with van der Waals surface area (Å²) in [6.45, 7) is 3.04. The zero-order valence-corrected chi connectivity index (χ0v) is 17.7. The van der Waals surface area contributed by atoms with Crippen molar-refractivity contribution in [1.29, 1.82) is 0 Å². The second-order valence-electron chi connectivity index (χ2n) is 7.16. The molecule has 7 heteroatoms. The van der Waals surface area contributed by atoms with Gasteiger partial charge in [0.1, 0.15) is 0 Å². The van der Waals surface area contributed by atoms with Crippen molar-refractivity contribution >= 4 is 23.9 Å². The van der Waals surface area contributed by atoms with E-state index in [0.29, 0.717) is 18.7 Å². The number of rotatable bonds is 10. The summed E-state index contributed by atoms with van der Waals surface area (Å²) >= 11 is 0. The van der Waals surface area contributed by atoms with E-state index >= 15 is 0 Å². The highest BCUT2D eigenvalue weighted by molar-refractivity contribution is 6.04. The molecular formula is C24H29N3O4. The Morgan fingerprint density at radius 1 is 0.968 bits per heavy atom. The van der Waals surface area contributed by atoms with Gasteiger partial charge in [0.15, 0.2) is 0 Å². The first-order valence-electron chi connectivity index (χ1n) is 10.4. The Balaban J connectivity index is 2.04. The Kier molecular flexibility index (Phi) is 9.97. The van der Waals surface area contributed by atoms with Gasteiger partial charge in [-0.3, -0.25) is 20.1 Å². The predicted molar refractivity (Wildman–Crippen MR) is 119 cm³/mol. The van der Waals surface area contributed by atoms with Gasteiger partial charge in [-0.05, 0) is 35.8 Å². The maximum atomic E-state index is 12.8. The Hall–Kier alpha value is -3.45. The maximum absolute atomic E-state index is 12.8. The van der Waals surface area contributed by atoms with Gasteiger partial charge in [-0.1, -0.05) is 68.7 Å². The predicted octanol–water partition coefficient (Wildman–Crippen LogP) is 4.14. The van der Waals surface area contributed by atoms with Gasteiger partial charge in [0.2, 0.25) is 0 Å². The van der Waals surface area contributed by atoms with Crippen molar-refractivity contribution in [3.63, 3.8) is 0 Å². The van der Waals surface area contributed by atoms with Crippen molar-refractivity contribution < 1.29 is 19.6 Å². The fourth-order valence-electron chi connectivity index (χ4n) is 2.98. The molecule has 0 bridgehead atoms. The normalized spacial score (nSPS) is 10.6. The van der Waals surface area contributed by atoms with E-state index in [1.54, 1.807) is 35.2 Å². The van der Waals surface area contributed by atoms with Crippen LogP contribution in [-0.4, -0.2) is 34.5 Å². The fraction of sp³-hybridized carbons (Fsp3) is 0.292. The van der Waals surface area contributed by atoms with Gasteiger partial charge >= 0.3 is 6.03 Å². The summed E-state index contributed by atoms with van der Waals surface area (Å²) in [7, 11) is 0. The van der Waals surface area contributed by atoms with Crippen molar-refractivity contribution in [3.05, 3.63) is 77.4 Å². The van der Waals surface area contributed by atoms with Gasteiger partial charge in [-0.15, -0.1) is 0 Å². The minimum atomic E-state index is -0.609. The van der Waals surface area contributed by atoms with Gasteiger partial charge in [-0.2, -0.15) is 0 Å². The molecule has 164 valence electrons. The van der Waals surface area contributed by atoms with Crippen LogP contribution < -0.4 is 10.8 Å². The third-order valence-electron chi connectivity index (χ3n) is 4.72. The number of urea groups is 1. The summed E-state index contributed by atoms with van der Waals surface area (Å²) in [6.07, 6.45) is 6.87. The zero-order valence-electron chi connectivity index (χ0n) is 17.7. The van der Waals surface area contributed by atoms with Crippen LogP contribution in [0.25, 0.3) is 6.08 Å². The lowest BCUT2D eigenvalue weighted by Gasteiger charge is -2.23. The van der Waals surface area contributed by atoms with Crippen molar-refractivity contribution in [2.24, 2.45) is 0 Å². The summed E-state index contributed by atoms with van der Waals surface area (Å²) in [5.41, 5.74) is 3.66. The maximum Gasteiger partial charge on any atom is 0.324 e. The number of hydroxylamine groups is 1. The van der Waals surface area contributed by atoms with Crippen LogP contribution in [0.3, 0.4) is 0 Å². The average molecular weight is 424 g/mol. The minimum Gasteiger partial charge on any atom is -0.320 e. The number of unbranched alkanes of at least 4 members (excludes halogenated alkanes) is 3. The molecule has 0 aromatic heterocycles. The molecule has 2 aromatic carbocycles. The average Bonchev–Trinajstić information content (AvgIpc) is 2.80. The van der Waals surface area contributed by atoms with Gasteiger partial charge in [-0.25, -0.2) is 10.3 Å². The molecule has 0 unspecified atom stereocenters. The second-order valence-corrected chi connectivity index (χ2v) is 7.16. The standard InChI is InChI=1S/C24H29N3O4/c1-2-3-4-8-17-27(24(30)25-23(29)21-9-6-5-7-10-21)18-20-13-11-19(12-14-20)15-16-22(28)26-31/h5-7,9-16,31H,2-4,8,17-18H2,1H3,(H,26,28)(H,25,29,30). The van der Waals surface area contributed by atoms with E-state index in [4.69, 9.17) is 5.21 Å². The highest BCUT2D eigenvalue weighted by Gasteiger charge is 2.17. The van der Waals surface area contributed by atoms with Crippen molar-refractivity contribution in [2.45, 2.75) is 39.2 Å². The smallest absolute Gasteiger partial charge is 0.320 e. The molecule has 31 heavy (non-hydrogen) atoms. The molecule has 0 atom stereocenters. The highest BCUT2D eigenvalue weighted by Crippen LogP contribution is 2.11. The molecule has 4 amide bonds. The van der Waals surface area contributed by atoms with Crippen molar-refractivity contribution in [3.8, 4) is 0 Å². The molecule has 7 nitrogen and oxygen atoms in total. The summed E-state index contributed by atoms with van der Waals surface area (Å²) in [5.74, 6) is -1.03. The Morgan fingerprint density at radius 3 is 2.32 bits per heavy atom. The van der Waals surface area contributed by atoms with E-state index in [1.165, 1.54) is 11.6 Å². The van der Waals surface area contributed by atoms with Gasteiger partial charge in [0, 0.05) is 24.7 Å². The van der Waals surface area contributed by atoms with Gasteiger partial charge < -0.3 is 4.90 Å². The first-order valence-corrected chi connectivity index (χ1v) is 10.4. The highest BCUT2D eigenvalue weighted by atomic mass is 16.5. The molecule has 2 rings (SSSR count). The van der Waals surface area contributed by atoms with Crippen LogP contribution in [-0.2, 0) is 11.3 Å². The Bertz CT molecular complexity index is 879. The van der Waals surface area contributed by atoms with Crippen LogP contribution in [0.2, 0.25) is 0 Å². The molecule has 0 saturated carbocycles. The quantitative estimate of drug-likeness (QED) is 0.231. The van der Waals surface area contributed by atoms with Crippen LogP contribution >= 0.6 is 0 Å². The molecule has 3 N–H and O–H groups in total. The summed E-state index contributed by atoms with van der Waals surface area (Å²) in [6, 6.07) is 15.6. The lowest BCUT2D eigenvalue weighted by Crippen LogP contribution is -2.43. The van der Waals surface area contributed by atoms with Gasteiger partial charge in [0.25, 0.3) is 11.8 Å². The lowest BCUT2D eigenvalue weighted by atomic mass is 10.1. The molecular weight excluding hydrogens is 394 g/mol. The number of amides is 4. The first kappa shape index (κ1) is 23.8. The van der Waals surface area contributed by atoms with E-state index in [-0.39, 0.29) is 0 Å². The van der Waals surface area contributed by atoms with E-state index in [2.05, 4.69) is 12.2 Å². The third kappa shape index (κ3) is 8.44. The largest absolute Gasteiger partial charge is 0.324 e. The monoisotopic (exact) mass is 423 g/mol. The number of carbonyl (C=O) groups excluding carboxylic acids is 3. The number of hydrogen-bond donors (Lipinski definition) is 3. The Morgan fingerprint density at radius 2 is 1.68 bits per heavy atom. The van der Waals surface area contributed by atoms with E-state index in [0.717, 1.165) is 36.8 Å². The van der Waals surface area contributed by atoms with E-state index in [9.17, 15) is 14.4 Å². The van der Waals surface area contributed by atoms with Crippen LogP contribution in [0.1, 0.15) is 54.1 Å². The van der Waals surface area contributed by atoms with E-state index < -0.39 is 17.8 Å². The fourth-order valence-corrected chi connectivity index (χ4v) is 2.98. The molecule has 2 aromatic rings.